The molecule has 0 radical (unpaired) electrons. The van der Waals surface area contributed by atoms with Crippen LogP contribution in [0.3, 0.4) is 0 Å². The fourth-order valence-corrected chi connectivity index (χ4v) is 2.14. The maximum atomic E-state index is 12.9. The predicted octanol–water partition coefficient (Wildman–Crippen LogP) is 1.67. The van der Waals surface area contributed by atoms with Gasteiger partial charge in [-0.1, -0.05) is 12.1 Å². The molecular weight excluding hydrogens is 320 g/mol. The van der Waals surface area contributed by atoms with Crippen molar-refractivity contribution in [3.63, 3.8) is 0 Å². The number of nitrogens with one attached hydrogen (secondary N) is 2. The van der Waals surface area contributed by atoms with Crippen molar-refractivity contribution >= 4 is 24.0 Å². The molecule has 1 unspecified atom stereocenters. The fourth-order valence-electron chi connectivity index (χ4n) is 2.14. The molecule has 0 aromatic heterocycles. The van der Waals surface area contributed by atoms with Crippen LogP contribution >= 0.6 is 12.4 Å². The molecule has 9 heteroatoms. The number of nitro benzene ring substituents is 1. The highest BCUT2D eigenvalue weighted by Crippen LogP contribution is 2.24. The summed E-state index contributed by atoms with van der Waals surface area (Å²) < 4.78 is 25.9. The zero-order valence-electron chi connectivity index (χ0n) is 11.6. The van der Waals surface area contributed by atoms with Gasteiger partial charge in [0.25, 0.3) is 11.6 Å². The van der Waals surface area contributed by atoms with Crippen LogP contribution in [-0.4, -0.2) is 35.9 Å². The van der Waals surface area contributed by atoms with Crippen LogP contribution in [0.1, 0.15) is 12.0 Å². The molecule has 122 valence electrons. The minimum absolute atomic E-state index is 0. The Labute approximate surface area is 131 Å². The second kappa shape index (κ2) is 7.46. The monoisotopic (exact) mass is 335 g/mol. The van der Waals surface area contributed by atoms with E-state index < -0.39 is 35.8 Å². The first kappa shape index (κ1) is 18.2. The van der Waals surface area contributed by atoms with Crippen molar-refractivity contribution in [1.82, 2.24) is 10.6 Å². The van der Waals surface area contributed by atoms with E-state index in [-0.39, 0.29) is 18.1 Å². The Balaban J connectivity index is 0.00000242. The van der Waals surface area contributed by atoms with Crippen LogP contribution in [0.5, 0.6) is 0 Å². The molecule has 0 bridgehead atoms. The third-order valence-electron chi connectivity index (χ3n) is 3.29. The van der Waals surface area contributed by atoms with E-state index in [0.29, 0.717) is 13.0 Å². The molecule has 0 saturated carbocycles. The largest absolute Gasteiger partial charge is 0.354 e. The van der Waals surface area contributed by atoms with E-state index >= 15 is 0 Å². The van der Waals surface area contributed by atoms with Gasteiger partial charge in [-0.05, 0) is 12.0 Å². The van der Waals surface area contributed by atoms with Crippen LogP contribution in [0.2, 0.25) is 0 Å². The van der Waals surface area contributed by atoms with E-state index in [9.17, 15) is 23.7 Å². The van der Waals surface area contributed by atoms with E-state index in [2.05, 4.69) is 10.6 Å². The summed E-state index contributed by atoms with van der Waals surface area (Å²) >= 11 is 0. The van der Waals surface area contributed by atoms with E-state index in [4.69, 9.17) is 0 Å². The van der Waals surface area contributed by atoms with Crippen LogP contribution in [0.4, 0.5) is 14.5 Å². The zero-order valence-corrected chi connectivity index (χ0v) is 12.4. The van der Waals surface area contributed by atoms with Gasteiger partial charge < -0.3 is 5.32 Å². The highest BCUT2D eigenvalue weighted by molar-refractivity contribution is 5.85. The number of benzene rings is 1. The zero-order chi connectivity index (χ0) is 15.5. The van der Waals surface area contributed by atoms with Crippen LogP contribution in [-0.2, 0) is 11.2 Å². The van der Waals surface area contributed by atoms with Crippen molar-refractivity contribution in [3.05, 3.63) is 39.9 Å². The molecule has 1 fully saturated rings. The topological polar surface area (TPSA) is 84.3 Å². The lowest BCUT2D eigenvalue weighted by Gasteiger charge is -2.11. The third-order valence-corrected chi connectivity index (χ3v) is 3.29. The molecule has 1 aromatic rings. The van der Waals surface area contributed by atoms with Crippen molar-refractivity contribution in [1.29, 1.82) is 0 Å². The number of alkyl halides is 2. The van der Waals surface area contributed by atoms with Gasteiger partial charge in [0.2, 0.25) is 5.91 Å². The Kier molecular flexibility index (Phi) is 6.19. The highest BCUT2D eigenvalue weighted by atomic mass is 35.5. The number of nitrogens with zero attached hydrogens (tertiary/aromatic N) is 1. The molecule has 1 amide bonds. The van der Waals surface area contributed by atoms with Crippen LogP contribution in [0, 0.1) is 10.1 Å². The summed E-state index contributed by atoms with van der Waals surface area (Å²) in [5, 5.41) is 15.6. The number of nitro groups is 1. The number of rotatable bonds is 5. The van der Waals surface area contributed by atoms with Gasteiger partial charge in [-0.3, -0.25) is 20.2 Å². The first-order valence-electron chi connectivity index (χ1n) is 6.50. The van der Waals surface area contributed by atoms with Crippen molar-refractivity contribution in [2.45, 2.75) is 24.8 Å². The van der Waals surface area contributed by atoms with Gasteiger partial charge in [0.05, 0.1) is 17.5 Å². The average molecular weight is 336 g/mol. The quantitative estimate of drug-likeness (QED) is 0.633. The van der Waals surface area contributed by atoms with Crippen LogP contribution < -0.4 is 10.6 Å². The molecule has 1 saturated heterocycles. The van der Waals surface area contributed by atoms with Crippen molar-refractivity contribution in [2.75, 3.05) is 13.1 Å². The van der Waals surface area contributed by atoms with Crippen molar-refractivity contribution in [2.24, 2.45) is 0 Å². The normalized spacial score (nSPS) is 19.3. The molecule has 0 aliphatic carbocycles. The number of carbonyl (C=O) groups is 1. The Morgan fingerprint density at radius 1 is 1.41 bits per heavy atom. The maximum absolute atomic E-state index is 12.9. The molecule has 1 atom stereocenters. The van der Waals surface area contributed by atoms with E-state index in [0.717, 1.165) is 5.56 Å². The molecule has 2 N–H and O–H groups in total. The summed E-state index contributed by atoms with van der Waals surface area (Å²) in [7, 11) is 0. The van der Waals surface area contributed by atoms with Crippen molar-refractivity contribution in [3.8, 4) is 0 Å². The maximum Gasteiger partial charge on any atom is 0.269 e. The molecule has 1 aliphatic heterocycles. The fraction of sp³-hybridized carbons (Fsp3) is 0.462. The van der Waals surface area contributed by atoms with Gasteiger partial charge in [-0.15, -0.1) is 12.4 Å². The number of hydrogen-bond acceptors (Lipinski definition) is 4. The van der Waals surface area contributed by atoms with E-state index in [1.807, 2.05) is 0 Å². The Hall–Kier alpha value is -1.80. The summed E-state index contributed by atoms with van der Waals surface area (Å²) in [6.45, 7) is -0.187. The summed E-state index contributed by atoms with van der Waals surface area (Å²) in [6, 6.07) is 5.11. The lowest BCUT2D eigenvalue weighted by atomic mass is 10.1. The molecule has 1 heterocycles. The number of carbonyl (C=O) groups excluding carboxylic acids is 1. The molecular formula is C13H16ClF2N3O3. The Morgan fingerprint density at radius 2 is 2.05 bits per heavy atom. The van der Waals surface area contributed by atoms with Gasteiger partial charge in [-0.2, -0.15) is 0 Å². The Morgan fingerprint density at radius 3 is 2.55 bits per heavy atom. The molecule has 6 nitrogen and oxygen atoms in total. The van der Waals surface area contributed by atoms with Gasteiger partial charge in [0.1, 0.15) is 0 Å². The minimum Gasteiger partial charge on any atom is -0.354 e. The van der Waals surface area contributed by atoms with E-state index in [1.165, 1.54) is 12.1 Å². The van der Waals surface area contributed by atoms with E-state index in [1.54, 1.807) is 12.1 Å². The molecule has 1 aliphatic rings. The SMILES string of the molecule is Cl.O=C(NCCc1ccc([N+](=O)[O-])cc1)C1CC(F)(F)CN1. The smallest absolute Gasteiger partial charge is 0.269 e. The number of halogens is 3. The van der Waals surface area contributed by atoms with Gasteiger partial charge in [-0.25, -0.2) is 8.78 Å². The third kappa shape index (κ3) is 4.88. The lowest BCUT2D eigenvalue weighted by molar-refractivity contribution is -0.384. The second-order valence-corrected chi connectivity index (χ2v) is 4.96. The highest BCUT2D eigenvalue weighted by Gasteiger charge is 2.42. The summed E-state index contributed by atoms with van der Waals surface area (Å²) in [5.41, 5.74) is 0.825. The second-order valence-electron chi connectivity index (χ2n) is 4.96. The average Bonchev–Trinajstić information content (AvgIpc) is 2.79. The number of amides is 1. The first-order chi connectivity index (χ1) is 9.87. The Bertz CT molecular complexity index is 540. The van der Waals surface area contributed by atoms with Crippen LogP contribution in [0.15, 0.2) is 24.3 Å². The molecule has 2 rings (SSSR count). The number of non-ortho nitro benzene ring substituents is 1. The minimum atomic E-state index is -2.83. The summed E-state index contributed by atoms with van der Waals surface area (Å²) in [6.07, 6.45) is -0.0107. The van der Waals surface area contributed by atoms with Gasteiger partial charge >= 0.3 is 0 Å². The summed E-state index contributed by atoms with van der Waals surface area (Å²) in [5.74, 6) is -3.28. The lowest BCUT2D eigenvalue weighted by Crippen LogP contribution is -2.41. The molecule has 1 aromatic carbocycles. The predicted molar refractivity (Wildman–Crippen MR) is 78.4 cm³/mol. The first-order valence-corrected chi connectivity index (χ1v) is 6.50. The molecule has 0 spiro atoms. The van der Waals surface area contributed by atoms with Gasteiger partial charge in [0, 0.05) is 25.1 Å². The molecule has 22 heavy (non-hydrogen) atoms. The van der Waals surface area contributed by atoms with Crippen molar-refractivity contribution < 1.29 is 18.5 Å². The van der Waals surface area contributed by atoms with Crippen LogP contribution in [0.25, 0.3) is 0 Å². The standard InChI is InChI=1S/C13H15F2N3O3.ClH/c14-13(15)7-11(17-8-13)12(19)16-6-5-9-1-3-10(4-2-9)18(20)21;/h1-4,11,17H,5-8H2,(H,16,19);1H. The number of hydrogen-bond donors (Lipinski definition) is 2. The summed E-state index contributed by atoms with van der Waals surface area (Å²) in [4.78, 5) is 21.7. The van der Waals surface area contributed by atoms with Gasteiger partial charge in [0.15, 0.2) is 0 Å².